The largest absolute Gasteiger partial charge is 0.347 e. The molecule has 132 valence electrons. The molecule has 1 N–H and O–H groups in total. The van der Waals surface area contributed by atoms with Crippen molar-refractivity contribution in [3.8, 4) is 0 Å². The summed E-state index contributed by atoms with van der Waals surface area (Å²) in [7, 11) is 0. The van der Waals surface area contributed by atoms with Crippen molar-refractivity contribution in [2.45, 2.75) is 35.6 Å². The number of amides is 1. The van der Waals surface area contributed by atoms with Crippen LogP contribution in [0.1, 0.15) is 28.1 Å². The number of fused-ring (bicyclic) bond motifs is 3. The van der Waals surface area contributed by atoms with Gasteiger partial charge >= 0.3 is 0 Å². The zero-order valence-electron chi connectivity index (χ0n) is 14.4. The van der Waals surface area contributed by atoms with Gasteiger partial charge in [-0.25, -0.2) is 0 Å². The highest BCUT2D eigenvalue weighted by Crippen LogP contribution is 2.34. The predicted molar refractivity (Wildman–Crippen MR) is 103 cm³/mol. The summed E-state index contributed by atoms with van der Waals surface area (Å²) in [4.78, 5) is 20.4. The SMILES string of the molecule is CSc1ccc(C(=O)NC2C3CCN(CC3)C2Cc2cccnc2)s1. The first-order valence-corrected chi connectivity index (χ1v) is 10.9. The maximum atomic E-state index is 12.8. The predicted octanol–water partition coefficient (Wildman–Crippen LogP) is 3.30. The number of aromatic nitrogens is 1. The van der Waals surface area contributed by atoms with Crippen molar-refractivity contribution in [2.24, 2.45) is 5.92 Å². The Bertz CT molecular complexity index is 725. The highest BCUT2D eigenvalue weighted by atomic mass is 32.2. The van der Waals surface area contributed by atoms with Crippen LogP contribution in [0.5, 0.6) is 0 Å². The average Bonchev–Trinajstić information content (AvgIpc) is 3.15. The number of rotatable bonds is 5. The molecule has 3 aliphatic rings. The number of carbonyl (C=O) groups excluding carboxylic acids is 1. The lowest BCUT2D eigenvalue weighted by molar-refractivity contribution is 0.0137. The Labute approximate surface area is 157 Å². The van der Waals surface area contributed by atoms with E-state index in [1.54, 1.807) is 23.1 Å². The summed E-state index contributed by atoms with van der Waals surface area (Å²) >= 11 is 3.27. The molecule has 0 aliphatic carbocycles. The molecule has 0 spiro atoms. The van der Waals surface area contributed by atoms with Gasteiger partial charge in [0.05, 0.1) is 9.09 Å². The van der Waals surface area contributed by atoms with Crippen LogP contribution in [0.3, 0.4) is 0 Å². The number of piperidine rings is 3. The Morgan fingerprint density at radius 1 is 1.36 bits per heavy atom. The Morgan fingerprint density at radius 3 is 2.88 bits per heavy atom. The average molecular weight is 374 g/mol. The second-order valence-electron chi connectivity index (χ2n) is 6.83. The van der Waals surface area contributed by atoms with Gasteiger partial charge < -0.3 is 5.32 Å². The maximum absolute atomic E-state index is 12.8. The quantitative estimate of drug-likeness (QED) is 0.817. The van der Waals surface area contributed by atoms with Gasteiger partial charge in [0, 0.05) is 24.5 Å². The highest BCUT2D eigenvalue weighted by molar-refractivity contribution is 8.00. The number of hydrogen-bond acceptors (Lipinski definition) is 5. The number of thiophene rings is 1. The van der Waals surface area contributed by atoms with Crippen molar-refractivity contribution in [2.75, 3.05) is 19.3 Å². The number of carbonyl (C=O) groups is 1. The standard InChI is InChI=1S/C19H23N3OS2/c1-24-17-5-4-16(25-17)19(23)21-18-14-6-9-22(10-7-14)15(18)11-13-3-2-8-20-12-13/h2-5,8,12,14-15,18H,6-7,9-11H2,1H3,(H,21,23). The summed E-state index contributed by atoms with van der Waals surface area (Å²) in [5.74, 6) is 0.677. The van der Waals surface area contributed by atoms with E-state index in [1.807, 2.05) is 36.8 Å². The molecule has 1 amide bonds. The van der Waals surface area contributed by atoms with Crippen molar-refractivity contribution in [1.82, 2.24) is 15.2 Å². The molecule has 2 aromatic rings. The van der Waals surface area contributed by atoms with Crippen LogP contribution in [0.25, 0.3) is 0 Å². The second-order valence-corrected chi connectivity index (χ2v) is 9.02. The van der Waals surface area contributed by atoms with Crippen LogP contribution in [0, 0.1) is 5.92 Å². The van der Waals surface area contributed by atoms with Gasteiger partial charge in [-0.15, -0.1) is 23.1 Å². The van der Waals surface area contributed by atoms with Gasteiger partial charge in [0.2, 0.25) is 0 Å². The highest BCUT2D eigenvalue weighted by Gasteiger charge is 2.42. The fourth-order valence-corrected chi connectivity index (χ4v) is 5.60. The lowest BCUT2D eigenvalue weighted by Crippen LogP contribution is -2.64. The lowest BCUT2D eigenvalue weighted by atomic mass is 9.77. The smallest absolute Gasteiger partial charge is 0.261 e. The molecule has 5 heterocycles. The molecule has 2 atom stereocenters. The van der Waals surface area contributed by atoms with E-state index >= 15 is 0 Å². The summed E-state index contributed by atoms with van der Waals surface area (Å²) in [6.45, 7) is 2.30. The molecule has 0 saturated carbocycles. The number of pyridine rings is 1. The Morgan fingerprint density at radius 2 is 2.20 bits per heavy atom. The summed E-state index contributed by atoms with van der Waals surface area (Å²) in [6.07, 6.45) is 9.15. The lowest BCUT2D eigenvalue weighted by Gasteiger charge is -2.51. The molecule has 2 unspecified atom stereocenters. The summed E-state index contributed by atoms with van der Waals surface area (Å²) in [5, 5.41) is 3.37. The van der Waals surface area contributed by atoms with Gasteiger partial charge in [-0.1, -0.05) is 6.07 Å². The monoisotopic (exact) mass is 373 g/mol. The number of hydrogen-bond donors (Lipinski definition) is 1. The summed E-state index contributed by atoms with van der Waals surface area (Å²) in [6, 6.07) is 8.72. The van der Waals surface area contributed by atoms with Gasteiger partial charge in [-0.3, -0.25) is 14.7 Å². The van der Waals surface area contributed by atoms with E-state index < -0.39 is 0 Å². The van der Waals surface area contributed by atoms with Gasteiger partial charge in [-0.2, -0.15) is 0 Å². The molecule has 6 heteroatoms. The van der Waals surface area contributed by atoms with Crippen LogP contribution < -0.4 is 5.32 Å². The minimum atomic E-state index is 0.0836. The Balaban J connectivity index is 1.51. The van der Waals surface area contributed by atoms with E-state index in [-0.39, 0.29) is 11.9 Å². The zero-order chi connectivity index (χ0) is 17.2. The molecular weight excluding hydrogens is 350 g/mol. The summed E-state index contributed by atoms with van der Waals surface area (Å²) < 4.78 is 1.19. The Kier molecular flexibility index (Phi) is 5.10. The molecule has 2 bridgehead atoms. The van der Waals surface area contributed by atoms with E-state index in [4.69, 9.17) is 0 Å². The normalized spacial score (nSPS) is 28.0. The molecule has 0 aromatic carbocycles. The summed E-state index contributed by atoms with van der Waals surface area (Å²) in [5.41, 5.74) is 1.25. The molecule has 0 radical (unpaired) electrons. The van der Waals surface area contributed by atoms with Crippen molar-refractivity contribution in [3.63, 3.8) is 0 Å². The van der Waals surface area contributed by atoms with Crippen molar-refractivity contribution >= 4 is 29.0 Å². The third-order valence-electron chi connectivity index (χ3n) is 5.44. The van der Waals surface area contributed by atoms with Crippen LogP contribution in [-0.4, -0.2) is 47.2 Å². The van der Waals surface area contributed by atoms with E-state index in [9.17, 15) is 4.79 Å². The minimum absolute atomic E-state index is 0.0836. The van der Waals surface area contributed by atoms with Crippen LogP contribution in [0.15, 0.2) is 40.9 Å². The van der Waals surface area contributed by atoms with Crippen LogP contribution >= 0.6 is 23.1 Å². The first-order chi connectivity index (χ1) is 12.2. The third-order valence-corrected chi connectivity index (χ3v) is 7.60. The fourth-order valence-electron chi connectivity index (χ4n) is 4.16. The molecule has 5 rings (SSSR count). The molecule has 4 nitrogen and oxygen atoms in total. The zero-order valence-corrected chi connectivity index (χ0v) is 16.0. The topological polar surface area (TPSA) is 45.2 Å². The maximum Gasteiger partial charge on any atom is 0.261 e. The van der Waals surface area contributed by atoms with Crippen LogP contribution in [-0.2, 0) is 6.42 Å². The number of nitrogens with one attached hydrogen (secondary N) is 1. The van der Waals surface area contributed by atoms with Crippen LogP contribution in [0.4, 0.5) is 0 Å². The Hall–Kier alpha value is -1.37. The first-order valence-electron chi connectivity index (χ1n) is 8.82. The van der Waals surface area contributed by atoms with Gasteiger partial charge in [-0.05, 0) is 68.3 Å². The second kappa shape index (κ2) is 7.48. The van der Waals surface area contributed by atoms with E-state index in [0.717, 1.165) is 24.4 Å². The molecule has 3 saturated heterocycles. The van der Waals surface area contributed by atoms with E-state index in [1.165, 1.54) is 22.6 Å². The molecule has 2 aromatic heterocycles. The van der Waals surface area contributed by atoms with Crippen molar-refractivity contribution < 1.29 is 4.79 Å². The fraction of sp³-hybridized carbons (Fsp3) is 0.474. The van der Waals surface area contributed by atoms with Crippen molar-refractivity contribution in [1.29, 1.82) is 0 Å². The third kappa shape index (κ3) is 3.61. The number of nitrogens with zero attached hydrogens (tertiary/aromatic N) is 2. The van der Waals surface area contributed by atoms with Gasteiger partial charge in [0.15, 0.2) is 0 Å². The molecule has 3 aliphatic heterocycles. The van der Waals surface area contributed by atoms with Gasteiger partial charge in [0.25, 0.3) is 5.91 Å². The van der Waals surface area contributed by atoms with E-state index in [0.29, 0.717) is 12.0 Å². The van der Waals surface area contributed by atoms with Crippen LogP contribution in [0.2, 0.25) is 0 Å². The molecule has 3 fully saturated rings. The number of thioether (sulfide) groups is 1. The first kappa shape index (κ1) is 17.1. The minimum Gasteiger partial charge on any atom is -0.347 e. The molecule has 25 heavy (non-hydrogen) atoms. The van der Waals surface area contributed by atoms with E-state index in [2.05, 4.69) is 21.3 Å². The van der Waals surface area contributed by atoms with Crippen molar-refractivity contribution in [3.05, 3.63) is 47.1 Å². The molecular formula is C19H23N3OS2. The van der Waals surface area contributed by atoms with Gasteiger partial charge in [0.1, 0.15) is 0 Å².